The lowest BCUT2D eigenvalue weighted by Gasteiger charge is -2.30. The molecule has 2 amide bonds. The predicted octanol–water partition coefficient (Wildman–Crippen LogP) is 4.85. The van der Waals surface area contributed by atoms with Crippen LogP contribution in [0, 0.1) is 11.3 Å². The van der Waals surface area contributed by atoms with E-state index in [1.165, 1.54) is 0 Å². The summed E-state index contributed by atoms with van der Waals surface area (Å²) in [5.74, 6) is -0.453. The van der Waals surface area contributed by atoms with Crippen LogP contribution in [0.25, 0.3) is 11.3 Å². The van der Waals surface area contributed by atoms with Gasteiger partial charge in [-0.25, -0.2) is 4.52 Å². The SMILES string of the molecule is CNC(=O)c1ccc(-n2c(=O)c3c(n4ncc(N[C@@H](C)c5ccccc5)c24)CN(C(=O)c2ccc(Br)c(C#N)c2)CC3)cc1. The first-order chi connectivity index (χ1) is 21.3. The quantitative estimate of drug-likeness (QED) is 0.271. The summed E-state index contributed by atoms with van der Waals surface area (Å²) in [6, 6.07) is 23.8. The second-order valence-corrected chi connectivity index (χ2v) is 11.4. The first-order valence-electron chi connectivity index (χ1n) is 14.1. The van der Waals surface area contributed by atoms with Gasteiger partial charge in [0.25, 0.3) is 17.4 Å². The lowest BCUT2D eigenvalue weighted by molar-refractivity contribution is 0.0729. The van der Waals surface area contributed by atoms with E-state index in [1.807, 2.05) is 37.3 Å². The lowest BCUT2D eigenvalue weighted by atomic mass is 10.0. The molecule has 3 heterocycles. The summed E-state index contributed by atoms with van der Waals surface area (Å²) in [4.78, 5) is 41.7. The molecule has 2 N–H and O–H groups in total. The minimum Gasteiger partial charge on any atom is -0.374 e. The first-order valence-corrected chi connectivity index (χ1v) is 14.9. The van der Waals surface area contributed by atoms with Crippen LogP contribution in [0.15, 0.2) is 88.3 Å². The monoisotopic (exact) mass is 649 g/mol. The van der Waals surface area contributed by atoms with Crippen LogP contribution in [0.4, 0.5) is 5.69 Å². The number of benzene rings is 3. The average molecular weight is 651 g/mol. The molecule has 0 spiro atoms. The number of carbonyl (C=O) groups is 2. The topological polar surface area (TPSA) is 125 Å². The van der Waals surface area contributed by atoms with Gasteiger partial charge in [0.2, 0.25) is 0 Å². The minimum atomic E-state index is -0.232. The van der Waals surface area contributed by atoms with Gasteiger partial charge in [-0.3, -0.25) is 19.0 Å². The van der Waals surface area contributed by atoms with Crippen molar-refractivity contribution in [3.8, 4) is 11.8 Å². The van der Waals surface area contributed by atoms with E-state index in [1.54, 1.807) is 69.7 Å². The van der Waals surface area contributed by atoms with E-state index in [2.05, 4.69) is 32.6 Å². The number of nitriles is 1. The molecule has 0 bridgehead atoms. The summed E-state index contributed by atoms with van der Waals surface area (Å²) in [5, 5.41) is 20.3. The van der Waals surface area contributed by atoms with E-state index >= 15 is 0 Å². The number of carbonyl (C=O) groups excluding carboxylic acids is 2. The maximum atomic E-state index is 14.2. The van der Waals surface area contributed by atoms with Gasteiger partial charge < -0.3 is 15.5 Å². The maximum absolute atomic E-state index is 14.2. The molecule has 220 valence electrons. The summed E-state index contributed by atoms with van der Waals surface area (Å²) in [6.45, 7) is 2.53. The summed E-state index contributed by atoms with van der Waals surface area (Å²) < 4.78 is 3.96. The summed E-state index contributed by atoms with van der Waals surface area (Å²) in [7, 11) is 1.57. The predicted molar refractivity (Wildman–Crippen MR) is 170 cm³/mol. The Bertz CT molecular complexity index is 2010. The lowest BCUT2D eigenvalue weighted by Crippen LogP contribution is -2.41. The largest absolute Gasteiger partial charge is 0.374 e. The molecule has 6 rings (SSSR count). The van der Waals surface area contributed by atoms with Crippen molar-refractivity contribution in [2.24, 2.45) is 0 Å². The van der Waals surface area contributed by atoms with Crippen molar-refractivity contribution in [1.82, 2.24) is 24.4 Å². The highest BCUT2D eigenvalue weighted by Gasteiger charge is 2.29. The number of rotatable bonds is 6. The Morgan fingerprint density at radius 2 is 1.77 bits per heavy atom. The van der Waals surface area contributed by atoms with Crippen LogP contribution in [0.2, 0.25) is 0 Å². The summed E-state index contributed by atoms with van der Waals surface area (Å²) in [5.41, 5.74) is 5.05. The molecular weight excluding hydrogens is 622 g/mol. The molecule has 3 aromatic carbocycles. The van der Waals surface area contributed by atoms with Crippen LogP contribution < -0.4 is 16.2 Å². The molecule has 1 aliphatic heterocycles. The van der Waals surface area contributed by atoms with Gasteiger partial charge in [-0.1, -0.05) is 30.3 Å². The van der Waals surface area contributed by atoms with Crippen molar-refractivity contribution >= 4 is 39.1 Å². The number of hydrogen-bond acceptors (Lipinski definition) is 6. The van der Waals surface area contributed by atoms with Crippen molar-refractivity contribution in [2.75, 3.05) is 18.9 Å². The number of hydrogen-bond donors (Lipinski definition) is 2. The van der Waals surface area contributed by atoms with E-state index in [9.17, 15) is 19.6 Å². The van der Waals surface area contributed by atoms with E-state index in [0.717, 1.165) is 5.56 Å². The second-order valence-electron chi connectivity index (χ2n) is 10.5. The molecule has 0 aliphatic carbocycles. The molecule has 0 radical (unpaired) electrons. The van der Waals surface area contributed by atoms with Gasteiger partial charge in [0.15, 0.2) is 5.65 Å². The zero-order chi connectivity index (χ0) is 31.0. The third-order valence-electron chi connectivity index (χ3n) is 7.90. The van der Waals surface area contributed by atoms with E-state index in [-0.39, 0.29) is 30.0 Å². The number of aromatic nitrogens is 3. The van der Waals surface area contributed by atoms with E-state index < -0.39 is 0 Å². The van der Waals surface area contributed by atoms with Gasteiger partial charge in [0.05, 0.1) is 35.4 Å². The third kappa shape index (κ3) is 5.14. The van der Waals surface area contributed by atoms with Gasteiger partial charge in [0.1, 0.15) is 6.07 Å². The van der Waals surface area contributed by atoms with Gasteiger partial charge >= 0.3 is 0 Å². The Labute approximate surface area is 261 Å². The highest BCUT2D eigenvalue weighted by Crippen LogP contribution is 2.29. The zero-order valence-electron chi connectivity index (χ0n) is 24.0. The second kappa shape index (κ2) is 11.8. The highest BCUT2D eigenvalue weighted by molar-refractivity contribution is 9.10. The summed E-state index contributed by atoms with van der Waals surface area (Å²) in [6.07, 6.45) is 2.02. The molecule has 44 heavy (non-hydrogen) atoms. The number of fused-ring (bicyclic) bond motifs is 3. The van der Waals surface area contributed by atoms with Crippen LogP contribution >= 0.6 is 15.9 Å². The van der Waals surface area contributed by atoms with Crippen LogP contribution in [0.3, 0.4) is 0 Å². The van der Waals surface area contributed by atoms with E-state index in [4.69, 9.17) is 5.10 Å². The molecule has 1 aliphatic rings. The molecule has 0 fully saturated rings. The molecule has 10 nitrogen and oxygen atoms in total. The van der Waals surface area contributed by atoms with Crippen molar-refractivity contribution in [2.45, 2.75) is 25.9 Å². The fourth-order valence-electron chi connectivity index (χ4n) is 5.56. The number of anilines is 1. The molecular formula is C33H28BrN7O3. The van der Waals surface area contributed by atoms with Crippen molar-refractivity contribution in [3.05, 3.63) is 127 Å². The van der Waals surface area contributed by atoms with Crippen LogP contribution in [-0.4, -0.2) is 44.5 Å². The zero-order valence-corrected chi connectivity index (χ0v) is 25.6. The van der Waals surface area contributed by atoms with Gasteiger partial charge in [-0.2, -0.15) is 10.4 Å². The van der Waals surface area contributed by atoms with Crippen molar-refractivity contribution < 1.29 is 9.59 Å². The number of nitrogens with one attached hydrogen (secondary N) is 2. The Morgan fingerprint density at radius 1 is 1.05 bits per heavy atom. The standard InChI is InChI=1S/C33H28BrN7O3/c1-20(21-6-4-3-5-7-21)38-28-18-37-41-29-19-39(32(43)23-10-13-27(34)24(16-23)17-35)15-14-26(29)33(44)40(31(28)41)25-11-8-22(9-12-25)30(42)36-2/h3-13,16,18,20,38H,14-15,19H2,1-2H3,(H,36,42)/t20-/m0/s1. The molecule has 2 aromatic heterocycles. The van der Waals surface area contributed by atoms with Gasteiger partial charge in [-0.05, 0) is 77.3 Å². The average Bonchev–Trinajstić information content (AvgIpc) is 3.47. The highest BCUT2D eigenvalue weighted by atomic mass is 79.9. The van der Waals surface area contributed by atoms with Crippen molar-refractivity contribution in [3.63, 3.8) is 0 Å². The summed E-state index contributed by atoms with van der Waals surface area (Å²) >= 11 is 3.35. The normalized spacial score (nSPS) is 13.2. The molecule has 1 atom stereocenters. The minimum absolute atomic E-state index is 0.0933. The molecule has 0 saturated heterocycles. The van der Waals surface area contributed by atoms with E-state index in [0.29, 0.717) is 62.4 Å². The molecule has 0 saturated carbocycles. The Morgan fingerprint density at radius 3 is 2.48 bits per heavy atom. The third-order valence-corrected chi connectivity index (χ3v) is 8.59. The van der Waals surface area contributed by atoms with Gasteiger partial charge in [-0.15, -0.1) is 0 Å². The van der Waals surface area contributed by atoms with Crippen LogP contribution in [0.5, 0.6) is 0 Å². The fourth-order valence-corrected chi connectivity index (χ4v) is 5.90. The first kappa shape index (κ1) is 28.9. The Kier molecular flexibility index (Phi) is 7.76. The maximum Gasteiger partial charge on any atom is 0.261 e. The Balaban J connectivity index is 1.47. The van der Waals surface area contributed by atoms with Crippen LogP contribution in [0.1, 0.15) is 56.1 Å². The molecule has 5 aromatic rings. The Hall–Kier alpha value is -5.21. The smallest absolute Gasteiger partial charge is 0.261 e. The molecule has 0 unspecified atom stereocenters. The fraction of sp³-hybridized carbons (Fsp3) is 0.182. The number of amides is 2. The van der Waals surface area contributed by atoms with Crippen molar-refractivity contribution in [1.29, 1.82) is 5.26 Å². The molecule has 11 heteroatoms. The number of nitrogens with zero attached hydrogens (tertiary/aromatic N) is 5. The van der Waals surface area contributed by atoms with Gasteiger partial charge in [0, 0.05) is 40.8 Å². The van der Waals surface area contributed by atoms with Crippen LogP contribution in [-0.2, 0) is 13.0 Å². The number of halogens is 1.